The van der Waals surface area contributed by atoms with Gasteiger partial charge in [0.2, 0.25) is 0 Å². The minimum Gasteiger partial charge on any atom is -0.350 e. The fraction of sp³-hybridized carbons (Fsp3) is 0.214. The van der Waals surface area contributed by atoms with Gasteiger partial charge in [-0.1, -0.05) is 0 Å². The van der Waals surface area contributed by atoms with E-state index in [2.05, 4.69) is 5.32 Å². The van der Waals surface area contributed by atoms with Crippen molar-refractivity contribution in [2.24, 2.45) is 7.05 Å². The Morgan fingerprint density at radius 1 is 1.22 bits per heavy atom. The smallest absolute Gasteiger partial charge is 0.251 e. The standard InChI is InChI=1S/C14H15FN2O/c1-10-3-8-13(17(10)2)9-16-14(18)11-4-6-12(15)7-5-11/h3-8H,9H2,1-2H3,(H,16,18). The first kappa shape index (κ1) is 12.4. The Morgan fingerprint density at radius 2 is 1.89 bits per heavy atom. The first-order valence-corrected chi connectivity index (χ1v) is 5.73. The fourth-order valence-corrected chi connectivity index (χ4v) is 1.72. The molecule has 18 heavy (non-hydrogen) atoms. The predicted molar refractivity (Wildman–Crippen MR) is 67.7 cm³/mol. The molecule has 1 heterocycles. The second-order valence-electron chi connectivity index (χ2n) is 4.21. The highest BCUT2D eigenvalue weighted by Crippen LogP contribution is 2.06. The van der Waals surface area contributed by atoms with Crippen molar-refractivity contribution in [1.82, 2.24) is 9.88 Å². The fourth-order valence-electron chi connectivity index (χ4n) is 1.72. The number of nitrogens with one attached hydrogen (secondary N) is 1. The van der Waals surface area contributed by atoms with Crippen LogP contribution in [0.5, 0.6) is 0 Å². The Balaban J connectivity index is 2.00. The SMILES string of the molecule is Cc1ccc(CNC(=O)c2ccc(F)cc2)n1C. The van der Waals surface area contributed by atoms with E-state index >= 15 is 0 Å². The molecule has 2 aromatic rings. The summed E-state index contributed by atoms with van der Waals surface area (Å²) in [4.78, 5) is 11.8. The van der Waals surface area contributed by atoms with Gasteiger partial charge >= 0.3 is 0 Å². The third-order valence-electron chi connectivity index (χ3n) is 3.01. The number of hydrogen-bond acceptors (Lipinski definition) is 1. The maximum absolute atomic E-state index is 12.7. The van der Waals surface area contributed by atoms with E-state index in [4.69, 9.17) is 0 Å². The van der Waals surface area contributed by atoms with Gasteiger partial charge in [0.1, 0.15) is 5.82 Å². The summed E-state index contributed by atoms with van der Waals surface area (Å²) in [5.41, 5.74) is 2.63. The van der Waals surface area contributed by atoms with E-state index in [-0.39, 0.29) is 11.7 Å². The molecular weight excluding hydrogens is 231 g/mol. The number of hydrogen-bond donors (Lipinski definition) is 1. The third-order valence-corrected chi connectivity index (χ3v) is 3.01. The van der Waals surface area contributed by atoms with Crippen molar-refractivity contribution in [1.29, 1.82) is 0 Å². The van der Waals surface area contributed by atoms with Crippen molar-refractivity contribution in [3.8, 4) is 0 Å². The Bertz CT molecular complexity index is 558. The Kier molecular flexibility index (Phi) is 3.46. The number of carbonyl (C=O) groups is 1. The zero-order chi connectivity index (χ0) is 13.1. The van der Waals surface area contributed by atoms with Crippen LogP contribution in [0, 0.1) is 12.7 Å². The molecule has 0 fully saturated rings. The Morgan fingerprint density at radius 3 is 2.44 bits per heavy atom. The molecule has 0 bridgehead atoms. The van der Waals surface area contributed by atoms with Crippen LogP contribution in [0.15, 0.2) is 36.4 Å². The van der Waals surface area contributed by atoms with Crippen LogP contribution >= 0.6 is 0 Å². The molecular formula is C14H15FN2O. The summed E-state index contributed by atoms with van der Waals surface area (Å²) < 4.78 is 14.7. The zero-order valence-electron chi connectivity index (χ0n) is 10.4. The summed E-state index contributed by atoms with van der Waals surface area (Å²) in [5.74, 6) is -0.543. The van der Waals surface area contributed by atoms with Crippen LogP contribution in [-0.2, 0) is 13.6 Å². The zero-order valence-corrected chi connectivity index (χ0v) is 10.4. The second-order valence-corrected chi connectivity index (χ2v) is 4.21. The highest BCUT2D eigenvalue weighted by molar-refractivity contribution is 5.94. The minimum atomic E-state index is -0.343. The number of rotatable bonds is 3. The number of nitrogens with zero attached hydrogens (tertiary/aromatic N) is 1. The van der Waals surface area contributed by atoms with Crippen LogP contribution in [0.1, 0.15) is 21.7 Å². The van der Waals surface area contributed by atoms with E-state index < -0.39 is 0 Å². The lowest BCUT2D eigenvalue weighted by Gasteiger charge is -2.07. The number of halogens is 1. The lowest BCUT2D eigenvalue weighted by molar-refractivity contribution is 0.0950. The van der Waals surface area contributed by atoms with Gasteiger partial charge in [-0.05, 0) is 43.3 Å². The number of aryl methyl sites for hydroxylation is 1. The number of aromatic nitrogens is 1. The molecule has 0 aliphatic carbocycles. The normalized spacial score (nSPS) is 10.4. The van der Waals surface area contributed by atoms with Gasteiger partial charge in [-0.25, -0.2) is 4.39 Å². The molecule has 0 radical (unpaired) electrons. The minimum absolute atomic E-state index is 0.200. The second kappa shape index (κ2) is 5.04. The third kappa shape index (κ3) is 2.59. The summed E-state index contributed by atoms with van der Waals surface area (Å²) in [6.07, 6.45) is 0. The maximum atomic E-state index is 12.7. The number of amides is 1. The number of carbonyl (C=O) groups excluding carboxylic acids is 1. The quantitative estimate of drug-likeness (QED) is 0.886. The van der Waals surface area contributed by atoms with Crippen LogP contribution in [0.3, 0.4) is 0 Å². The van der Waals surface area contributed by atoms with Crippen LogP contribution in [0.4, 0.5) is 4.39 Å². The molecule has 3 nitrogen and oxygen atoms in total. The highest BCUT2D eigenvalue weighted by atomic mass is 19.1. The van der Waals surface area contributed by atoms with Crippen molar-refractivity contribution in [2.75, 3.05) is 0 Å². The van der Waals surface area contributed by atoms with Gasteiger partial charge in [0, 0.05) is 24.0 Å². The average Bonchev–Trinajstić information content (AvgIpc) is 2.68. The molecule has 0 aliphatic rings. The van der Waals surface area contributed by atoms with Crippen molar-refractivity contribution in [3.63, 3.8) is 0 Å². The molecule has 1 aromatic heterocycles. The first-order valence-electron chi connectivity index (χ1n) is 5.73. The van der Waals surface area contributed by atoms with E-state index in [1.54, 1.807) is 0 Å². The highest BCUT2D eigenvalue weighted by Gasteiger charge is 2.07. The molecule has 1 N–H and O–H groups in total. The van der Waals surface area contributed by atoms with E-state index in [0.717, 1.165) is 11.4 Å². The summed E-state index contributed by atoms with van der Waals surface area (Å²) in [7, 11) is 1.95. The Labute approximate surface area is 105 Å². The first-order chi connectivity index (χ1) is 8.58. The van der Waals surface area contributed by atoms with E-state index in [1.807, 2.05) is 30.7 Å². The van der Waals surface area contributed by atoms with Gasteiger partial charge in [-0.2, -0.15) is 0 Å². The molecule has 94 valence electrons. The van der Waals surface area contributed by atoms with Crippen molar-refractivity contribution >= 4 is 5.91 Å². The van der Waals surface area contributed by atoms with Crippen molar-refractivity contribution in [3.05, 3.63) is 59.2 Å². The largest absolute Gasteiger partial charge is 0.350 e. The van der Waals surface area contributed by atoms with E-state index in [0.29, 0.717) is 12.1 Å². The average molecular weight is 246 g/mol. The van der Waals surface area contributed by atoms with Gasteiger partial charge < -0.3 is 9.88 Å². The summed E-state index contributed by atoms with van der Waals surface area (Å²) in [6, 6.07) is 9.48. The van der Waals surface area contributed by atoms with Crippen LogP contribution < -0.4 is 5.32 Å². The molecule has 4 heteroatoms. The molecule has 0 saturated carbocycles. The molecule has 0 unspecified atom stereocenters. The lowest BCUT2D eigenvalue weighted by atomic mass is 10.2. The summed E-state index contributed by atoms with van der Waals surface area (Å²) >= 11 is 0. The molecule has 0 aliphatic heterocycles. The summed E-state index contributed by atoms with van der Waals surface area (Å²) in [6.45, 7) is 2.46. The Hall–Kier alpha value is -2.10. The molecule has 0 saturated heterocycles. The molecule has 0 spiro atoms. The molecule has 1 aromatic carbocycles. The van der Waals surface area contributed by atoms with Gasteiger partial charge in [-0.15, -0.1) is 0 Å². The van der Waals surface area contributed by atoms with Gasteiger partial charge in [0.15, 0.2) is 0 Å². The number of benzene rings is 1. The topological polar surface area (TPSA) is 34.0 Å². The van der Waals surface area contributed by atoms with Crippen LogP contribution in [0.25, 0.3) is 0 Å². The van der Waals surface area contributed by atoms with Gasteiger partial charge in [0.05, 0.1) is 6.54 Å². The van der Waals surface area contributed by atoms with Gasteiger partial charge in [0.25, 0.3) is 5.91 Å². The van der Waals surface area contributed by atoms with Crippen LogP contribution in [0.2, 0.25) is 0 Å². The lowest BCUT2D eigenvalue weighted by Crippen LogP contribution is -2.23. The molecule has 0 atom stereocenters. The van der Waals surface area contributed by atoms with Crippen LogP contribution in [-0.4, -0.2) is 10.5 Å². The van der Waals surface area contributed by atoms with Gasteiger partial charge in [-0.3, -0.25) is 4.79 Å². The predicted octanol–water partition coefficient (Wildman–Crippen LogP) is 2.40. The van der Waals surface area contributed by atoms with Crippen molar-refractivity contribution < 1.29 is 9.18 Å². The monoisotopic (exact) mass is 246 g/mol. The van der Waals surface area contributed by atoms with Crippen molar-refractivity contribution in [2.45, 2.75) is 13.5 Å². The van der Waals surface area contributed by atoms with E-state index in [1.165, 1.54) is 24.3 Å². The summed E-state index contributed by atoms with van der Waals surface area (Å²) in [5, 5.41) is 2.81. The molecule has 2 rings (SSSR count). The van der Waals surface area contributed by atoms with E-state index in [9.17, 15) is 9.18 Å². The maximum Gasteiger partial charge on any atom is 0.251 e. The molecule has 1 amide bonds.